The Bertz CT molecular complexity index is 496. The smallest absolute Gasteiger partial charge is 0.248 e. The summed E-state index contributed by atoms with van der Waals surface area (Å²) < 4.78 is 0. The summed E-state index contributed by atoms with van der Waals surface area (Å²) in [5.74, 6) is 0.776. The molecule has 0 amide bonds. The molecule has 4 heteroatoms. The Labute approximate surface area is 114 Å². The van der Waals surface area contributed by atoms with Crippen molar-refractivity contribution in [1.82, 2.24) is 15.2 Å². The largest absolute Gasteiger partial charge is 0.326 e. The molecule has 2 heterocycles. The summed E-state index contributed by atoms with van der Waals surface area (Å²) in [6.07, 6.45) is 4.65. The molecule has 1 aliphatic heterocycles. The molecule has 4 nitrogen and oxygen atoms in total. The van der Waals surface area contributed by atoms with Gasteiger partial charge in [0.15, 0.2) is 0 Å². The van der Waals surface area contributed by atoms with E-state index in [-0.39, 0.29) is 5.56 Å². The Morgan fingerprint density at radius 2 is 2.32 bits per heavy atom. The van der Waals surface area contributed by atoms with Gasteiger partial charge in [0.2, 0.25) is 5.56 Å². The van der Waals surface area contributed by atoms with Gasteiger partial charge in [-0.25, -0.2) is 0 Å². The van der Waals surface area contributed by atoms with Crippen molar-refractivity contribution in [2.45, 2.75) is 31.7 Å². The van der Waals surface area contributed by atoms with E-state index in [1.165, 1.54) is 31.5 Å². The van der Waals surface area contributed by atoms with Crippen molar-refractivity contribution in [3.05, 3.63) is 33.7 Å². The zero-order chi connectivity index (χ0) is 13.2. The minimum Gasteiger partial charge on any atom is -0.326 e. The highest BCUT2D eigenvalue weighted by molar-refractivity contribution is 5.26. The lowest BCUT2D eigenvalue weighted by molar-refractivity contribution is 0.368. The van der Waals surface area contributed by atoms with Crippen LogP contribution in [-0.2, 0) is 6.42 Å². The number of fused-ring (bicyclic) bond motifs is 1. The van der Waals surface area contributed by atoms with Crippen LogP contribution in [0.2, 0.25) is 0 Å². The first kappa shape index (κ1) is 12.9. The third-order valence-electron chi connectivity index (χ3n) is 4.47. The molecule has 0 radical (unpaired) electrons. The minimum absolute atomic E-state index is 0.0248. The Hall–Kier alpha value is -1.13. The molecule has 2 unspecified atom stereocenters. The fraction of sp³-hybridized carbons (Fsp3) is 0.667. The van der Waals surface area contributed by atoms with E-state index in [9.17, 15) is 4.79 Å². The Morgan fingerprint density at radius 3 is 3.11 bits per heavy atom. The van der Waals surface area contributed by atoms with Crippen LogP contribution in [0.3, 0.4) is 0 Å². The fourth-order valence-corrected chi connectivity index (χ4v) is 3.41. The average molecular weight is 261 g/mol. The summed E-state index contributed by atoms with van der Waals surface area (Å²) in [4.78, 5) is 16.8. The number of aromatic nitrogens is 1. The number of aryl methyl sites for hydroxylation is 1. The van der Waals surface area contributed by atoms with Crippen molar-refractivity contribution < 1.29 is 0 Å². The van der Waals surface area contributed by atoms with Gasteiger partial charge < -0.3 is 15.2 Å². The summed E-state index contributed by atoms with van der Waals surface area (Å²) in [5.41, 5.74) is 2.47. The van der Waals surface area contributed by atoms with E-state index in [2.05, 4.69) is 22.2 Å². The lowest BCUT2D eigenvalue weighted by Crippen LogP contribution is -2.32. The van der Waals surface area contributed by atoms with Gasteiger partial charge in [0.05, 0.1) is 0 Å². The second-order valence-corrected chi connectivity index (χ2v) is 6.03. The summed E-state index contributed by atoms with van der Waals surface area (Å²) in [6.45, 7) is 3.52. The van der Waals surface area contributed by atoms with Crippen LogP contribution < -0.4 is 10.9 Å². The van der Waals surface area contributed by atoms with Crippen LogP contribution in [0.15, 0.2) is 16.9 Å². The van der Waals surface area contributed by atoms with Gasteiger partial charge in [-0.3, -0.25) is 4.79 Å². The van der Waals surface area contributed by atoms with Gasteiger partial charge in [-0.1, -0.05) is 6.07 Å². The quantitative estimate of drug-likeness (QED) is 0.862. The lowest BCUT2D eigenvalue weighted by atomic mass is 9.91. The van der Waals surface area contributed by atoms with Gasteiger partial charge in [0, 0.05) is 24.3 Å². The second-order valence-electron chi connectivity index (χ2n) is 6.03. The molecule has 1 aromatic rings. The monoisotopic (exact) mass is 261 g/mol. The molecule has 2 aliphatic rings. The number of hydrogen-bond acceptors (Lipinski definition) is 3. The van der Waals surface area contributed by atoms with Crippen molar-refractivity contribution in [3.8, 4) is 0 Å². The van der Waals surface area contributed by atoms with Gasteiger partial charge in [-0.05, 0) is 57.3 Å². The molecule has 1 aromatic heterocycles. The van der Waals surface area contributed by atoms with E-state index in [4.69, 9.17) is 0 Å². The van der Waals surface area contributed by atoms with E-state index < -0.39 is 0 Å². The third-order valence-corrected chi connectivity index (χ3v) is 4.47. The van der Waals surface area contributed by atoms with E-state index in [0.29, 0.717) is 6.04 Å². The standard InChI is InChI=1S/C15H23N3O/c1-18-8-7-11(10-18)9-16-13-3-2-4-14-12(13)5-6-15(19)17-14/h5-6,11,13,16H,2-4,7-10H2,1H3,(H,17,19). The highest BCUT2D eigenvalue weighted by Crippen LogP contribution is 2.28. The lowest BCUT2D eigenvalue weighted by Gasteiger charge is -2.27. The van der Waals surface area contributed by atoms with E-state index >= 15 is 0 Å². The van der Waals surface area contributed by atoms with Crippen LogP contribution in [-0.4, -0.2) is 36.6 Å². The van der Waals surface area contributed by atoms with Crippen molar-refractivity contribution in [2.75, 3.05) is 26.7 Å². The zero-order valence-electron chi connectivity index (χ0n) is 11.6. The number of nitrogens with zero attached hydrogens (tertiary/aromatic N) is 1. The molecule has 0 bridgehead atoms. The van der Waals surface area contributed by atoms with Gasteiger partial charge in [0.1, 0.15) is 0 Å². The molecule has 2 atom stereocenters. The van der Waals surface area contributed by atoms with Crippen molar-refractivity contribution in [1.29, 1.82) is 0 Å². The first-order valence-electron chi connectivity index (χ1n) is 7.36. The number of aromatic amines is 1. The molecule has 0 spiro atoms. The topological polar surface area (TPSA) is 48.1 Å². The average Bonchev–Trinajstić information content (AvgIpc) is 2.81. The number of H-pyrrole nitrogens is 1. The fourth-order valence-electron chi connectivity index (χ4n) is 3.41. The Balaban J connectivity index is 1.65. The summed E-state index contributed by atoms with van der Waals surface area (Å²) >= 11 is 0. The van der Waals surface area contributed by atoms with Crippen molar-refractivity contribution in [3.63, 3.8) is 0 Å². The van der Waals surface area contributed by atoms with Crippen LogP contribution >= 0.6 is 0 Å². The molecule has 0 aromatic carbocycles. The van der Waals surface area contributed by atoms with Gasteiger partial charge >= 0.3 is 0 Å². The number of hydrogen-bond donors (Lipinski definition) is 2. The Morgan fingerprint density at radius 1 is 1.42 bits per heavy atom. The molecule has 104 valence electrons. The summed E-state index contributed by atoms with van der Waals surface area (Å²) in [6, 6.07) is 4.08. The number of rotatable bonds is 3. The molecular weight excluding hydrogens is 238 g/mol. The molecular formula is C15H23N3O. The SMILES string of the molecule is CN1CCC(CNC2CCCc3[nH]c(=O)ccc32)C1. The van der Waals surface area contributed by atoms with Crippen LogP contribution in [0.5, 0.6) is 0 Å². The number of nitrogens with one attached hydrogen (secondary N) is 2. The predicted octanol–water partition coefficient (Wildman–Crippen LogP) is 1.29. The van der Waals surface area contributed by atoms with Crippen LogP contribution in [0.4, 0.5) is 0 Å². The van der Waals surface area contributed by atoms with Crippen molar-refractivity contribution >= 4 is 0 Å². The number of likely N-dealkylation sites (tertiary alicyclic amines) is 1. The maximum absolute atomic E-state index is 11.4. The molecule has 1 fully saturated rings. The van der Waals surface area contributed by atoms with Crippen LogP contribution in [0.1, 0.15) is 36.6 Å². The molecule has 3 rings (SSSR count). The number of pyridine rings is 1. The van der Waals surface area contributed by atoms with Gasteiger partial charge in [-0.2, -0.15) is 0 Å². The summed E-state index contributed by atoms with van der Waals surface area (Å²) in [7, 11) is 2.20. The minimum atomic E-state index is 0.0248. The van der Waals surface area contributed by atoms with Crippen molar-refractivity contribution in [2.24, 2.45) is 5.92 Å². The van der Waals surface area contributed by atoms with E-state index in [1.54, 1.807) is 6.07 Å². The zero-order valence-corrected chi connectivity index (χ0v) is 11.6. The van der Waals surface area contributed by atoms with Gasteiger partial charge in [-0.15, -0.1) is 0 Å². The molecule has 1 aliphatic carbocycles. The first-order chi connectivity index (χ1) is 9.22. The molecule has 19 heavy (non-hydrogen) atoms. The molecule has 1 saturated heterocycles. The first-order valence-corrected chi connectivity index (χ1v) is 7.36. The summed E-state index contributed by atoms with van der Waals surface area (Å²) in [5, 5.41) is 3.71. The normalized spacial score (nSPS) is 27.4. The molecule has 2 N–H and O–H groups in total. The second kappa shape index (κ2) is 5.47. The highest BCUT2D eigenvalue weighted by atomic mass is 16.1. The van der Waals surface area contributed by atoms with Gasteiger partial charge in [0.25, 0.3) is 0 Å². The Kier molecular flexibility index (Phi) is 3.71. The van der Waals surface area contributed by atoms with E-state index in [1.807, 2.05) is 6.07 Å². The highest BCUT2D eigenvalue weighted by Gasteiger charge is 2.23. The maximum Gasteiger partial charge on any atom is 0.248 e. The van der Waals surface area contributed by atoms with Crippen LogP contribution in [0, 0.1) is 5.92 Å². The van der Waals surface area contributed by atoms with E-state index in [0.717, 1.165) is 31.0 Å². The predicted molar refractivity (Wildman–Crippen MR) is 76.3 cm³/mol. The third kappa shape index (κ3) is 2.90. The van der Waals surface area contributed by atoms with Crippen LogP contribution in [0.25, 0.3) is 0 Å². The maximum atomic E-state index is 11.4. The molecule has 0 saturated carbocycles.